The van der Waals surface area contributed by atoms with Crippen LogP contribution >= 0.6 is 15.9 Å². The Hall–Kier alpha value is -1.77. The van der Waals surface area contributed by atoms with Crippen molar-refractivity contribution >= 4 is 37.3 Å². The number of halogens is 1. The Morgan fingerprint density at radius 3 is 2.31 bits per heavy atom. The van der Waals surface area contributed by atoms with Crippen molar-refractivity contribution in [2.75, 3.05) is 13.2 Å². The van der Waals surface area contributed by atoms with Crippen LogP contribution in [-0.2, 0) is 23.8 Å². The number of carbonyl (C=O) groups excluding carboxylic acids is 1. The third-order valence-corrected chi connectivity index (χ3v) is 8.13. The Labute approximate surface area is 180 Å². The van der Waals surface area contributed by atoms with E-state index in [-0.39, 0.29) is 0 Å². The molecule has 0 bridgehead atoms. The lowest BCUT2D eigenvalue weighted by Gasteiger charge is -2.39. The van der Waals surface area contributed by atoms with Crippen LogP contribution in [0.3, 0.4) is 0 Å². The van der Waals surface area contributed by atoms with E-state index in [0.29, 0.717) is 41.2 Å². The number of aromatic nitrogens is 2. The van der Waals surface area contributed by atoms with E-state index in [1.165, 1.54) is 0 Å². The Morgan fingerprint density at radius 2 is 1.79 bits per heavy atom. The van der Waals surface area contributed by atoms with Gasteiger partial charge in [0.1, 0.15) is 15.0 Å². The molecule has 2 aromatic rings. The second kappa shape index (κ2) is 8.16. The van der Waals surface area contributed by atoms with Gasteiger partial charge in [-0.1, -0.05) is 12.1 Å². The maximum Gasteiger partial charge on any atom is 0.325 e. The molecule has 156 valence electrons. The standard InChI is InChI=1S/C21H25BrN2O4S/c1-20(2,3)28-19(25)21(9-11-27-12-10-21)29(4,26)16-7-5-15(6-8-16)17-13-24-18(22)14-23-17/h5-8,13-14H,4,9-12H2,1-3H3. The first-order valence-corrected chi connectivity index (χ1v) is 11.8. The molecule has 0 amide bonds. The highest BCUT2D eigenvalue weighted by Crippen LogP contribution is 2.37. The van der Waals surface area contributed by atoms with E-state index in [0.717, 1.165) is 5.56 Å². The van der Waals surface area contributed by atoms with E-state index >= 15 is 0 Å². The molecule has 1 unspecified atom stereocenters. The predicted molar refractivity (Wildman–Crippen MR) is 117 cm³/mol. The van der Waals surface area contributed by atoms with E-state index in [1.54, 1.807) is 45.3 Å². The highest BCUT2D eigenvalue weighted by molar-refractivity contribution is 9.10. The average molecular weight is 481 g/mol. The van der Waals surface area contributed by atoms with E-state index in [9.17, 15) is 9.00 Å². The number of nitrogens with zero attached hydrogens (tertiary/aromatic N) is 2. The summed E-state index contributed by atoms with van der Waals surface area (Å²) in [5, 5.41) is 0. The number of benzene rings is 1. The minimum atomic E-state index is -3.00. The van der Waals surface area contributed by atoms with Gasteiger partial charge in [0.2, 0.25) is 0 Å². The molecule has 2 heterocycles. The van der Waals surface area contributed by atoms with Crippen molar-refractivity contribution in [2.24, 2.45) is 0 Å². The van der Waals surface area contributed by atoms with Gasteiger partial charge < -0.3 is 9.47 Å². The molecular formula is C21H25BrN2O4S. The zero-order valence-electron chi connectivity index (χ0n) is 16.8. The van der Waals surface area contributed by atoms with Gasteiger partial charge in [0.05, 0.1) is 18.1 Å². The molecule has 1 aliphatic heterocycles. The molecule has 0 radical (unpaired) electrons. The van der Waals surface area contributed by atoms with Gasteiger partial charge in [-0.3, -0.25) is 14.0 Å². The molecule has 1 aromatic heterocycles. The van der Waals surface area contributed by atoms with Crippen molar-refractivity contribution in [3.05, 3.63) is 41.3 Å². The molecule has 8 heteroatoms. The monoisotopic (exact) mass is 480 g/mol. The summed E-state index contributed by atoms with van der Waals surface area (Å²) in [6, 6.07) is 7.13. The van der Waals surface area contributed by atoms with Crippen molar-refractivity contribution in [1.29, 1.82) is 0 Å². The Bertz CT molecular complexity index is 975. The fourth-order valence-corrected chi connectivity index (χ4v) is 5.64. The largest absolute Gasteiger partial charge is 0.459 e. The molecule has 0 N–H and O–H groups in total. The lowest BCUT2D eigenvalue weighted by atomic mass is 9.99. The van der Waals surface area contributed by atoms with Gasteiger partial charge in [-0.2, -0.15) is 0 Å². The summed E-state index contributed by atoms with van der Waals surface area (Å²) in [5.41, 5.74) is 0.854. The van der Waals surface area contributed by atoms with Gasteiger partial charge in [0.15, 0.2) is 0 Å². The van der Waals surface area contributed by atoms with Crippen LogP contribution in [0.2, 0.25) is 0 Å². The van der Waals surface area contributed by atoms with Crippen molar-refractivity contribution in [1.82, 2.24) is 9.97 Å². The van der Waals surface area contributed by atoms with E-state index < -0.39 is 25.8 Å². The average Bonchev–Trinajstić information content (AvgIpc) is 2.68. The van der Waals surface area contributed by atoms with Gasteiger partial charge >= 0.3 is 5.97 Å². The minimum Gasteiger partial charge on any atom is -0.459 e. The molecule has 3 rings (SSSR count). The van der Waals surface area contributed by atoms with Crippen LogP contribution in [0.4, 0.5) is 0 Å². The molecule has 29 heavy (non-hydrogen) atoms. The number of hydrogen-bond donors (Lipinski definition) is 0. The van der Waals surface area contributed by atoms with Gasteiger partial charge in [-0.15, -0.1) is 0 Å². The van der Waals surface area contributed by atoms with E-state index in [2.05, 4.69) is 31.8 Å². The van der Waals surface area contributed by atoms with E-state index in [4.69, 9.17) is 9.47 Å². The van der Waals surface area contributed by atoms with Crippen molar-refractivity contribution in [2.45, 2.75) is 48.9 Å². The molecular weight excluding hydrogens is 456 g/mol. The quantitative estimate of drug-likeness (QED) is 0.488. The molecule has 1 atom stereocenters. The number of carbonyl (C=O) groups is 1. The molecule has 1 aromatic carbocycles. The highest BCUT2D eigenvalue weighted by Gasteiger charge is 2.50. The summed E-state index contributed by atoms with van der Waals surface area (Å²) in [6.45, 7) is 6.10. The first-order chi connectivity index (χ1) is 13.6. The summed E-state index contributed by atoms with van der Waals surface area (Å²) in [4.78, 5) is 22.2. The molecule has 6 nitrogen and oxygen atoms in total. The van der Waals surface area contributed by atoms with Crippen LogP contribution in [-0.4, -0.2) is 49.6 Å². The first-order valence-electron chi connectivity index (χ1n) is 9.31. The Morgan fingerprint density at radius 1 is 1.17 bits per heavy atom. The third-order valence-electron chi connectivity index (χ3n) is 4.85. The first kappa shape index (κ1) is 21.9. The van der Waals surface area contributed by atoms with Crippen LogP contribution in [0.25, 0.3) is 11.3 Å². The molecule has 1 fully saturated rings. The minimum absolute atomic E-state index is 0.310. The summed E-state index contributed by atoms with van der Waals surface area (Å²) in [6.07, 6.45) is 3.89. The molecule has 1 aliphatic rings. The number of hydrogen-bond acceptors (Lipinski definition) is 6. The predicted octanol–water partition coefficient (Wildman–Crippen LogP) is 3.87. The second-order valence-electron chi connectivity index (χ2n) is 8.03. The molecule has 0 spiro atoms. The maximum atomic E-state index is 14.0. The van der Waals surface area contributed by atoms with Gasteiger partial charge in [-0.25, -0.2) is 4.98 Å². The topological polar surface area (TPSA) is 78.4 Å². The zero-order valence-corrected chi connectivity index (χ0v) is 19.2. The number of esters is 1. The second-order valence-corrected chi connectivity index (χ2v) is 11.4. The lowest BCUT2D eigenvalue weighted by Crippen LogP contribution is -2.52. The highest BCUT2D eigenvalue weighted by atomic mass is 79.9. The van der Waals surface area contributed by atoms with Crippen LogP contribution in [0.5, 0.6) is 0 Å². The smallest absolute Gasteiger partial charge is 0.325 e. The van der Waals surface area contributed by atoms with Gasteiger partial charge in [-0.05, 0) is 67.5 Å². The summed E-state index contributed by atoms with van der Waals surface area (Å²) < 4.78 is 24.5. The number of rotatable bonds is 4. The van der Waals surface area contributed by atoms with E-state index in [1.807, 2.05) is 12.1 Å². The zero-order chi connectivity index (χ0) is 21.3. The molecule has 0 aliphatic carbocycles. The Balaban J connectivity index is 1.98. The number of ether oxygens (including phenoxy) is 2. The van der Waals surface area contributed by atoms with Crippen LogP contribution in [0.15, 0.2) is 46.2 Å². The SMILES string of the molecule is C=S(=O)(c1ccc(-c2cnc(Br)cn2)cc1)C1(C(=O)OC(C)(C)C)CCOCC1. The van der Waals surface area contributed by atoms with Crippen molar-refractivity contribution < 1.29 is 18.5 Å². The third kappa shape index (κ3) is 4.54. The molecule has 0 saturated carbocycles. The van der Waals surface area contributed by atoms with Crippen LogP contribution in [0, 0.1) is 0 Å². The Kier molecular flexibility index (Phi) is 6.17. The summed E-state index contributed by atoms with van der Waals surface area (Å²) >= 11 is 3.27. The van der Waals surface area contributed by atoms with Crippen molar-refractivity contribution in [3.63, 3.8) is 0 Å². The fraction of sp³-hybridized carbons (Fsp3) is 0.429. The summed E-state index contributed by atoms with van der Waals surface area (Å²) in [7, 11) is -3.00. The van der Waals surface area contributed by atoms with Gasteiger partial charge in [0, 0.05) is 33.2 Å². The molecule has 1 saturated heterocycles. The maximum absolute atomic E-state index is 14.0. The van der Waals surface area contributed by atoms with Crippen LogP contribution in [0.1, 0.15) is 33.6 Å². The lowest BCUT2D eigenvalue weighted by molar-refractivity contribution is -0.160. The van der Waals surface area contributed by atoms with Gasteiger partial charge in [0.25, 0.3) is 0 Å². The van der Waals surface area contributed by atoms with Crippen molar-refractivity contribution in [3.8, 4) is 11.3 Å². The van der Waals surface area contributed by atoms with Crippen LogP contribution < -0.4 is 0 Å². The summed E-state index contributed by atoms with van der Waals surface area (Å²) in [5.74, 6) is 3.56. The fourth-order valence-electron chi connectivity index (χ4n) is 3.27. The normalized spacial score (nSPS) is 18.6.